The predicted molar refractivity (Wildman–Crippen MR) is 128 cm³/mol. The maximum atomic E-state index is 12.7. The van der Waals surface area contributed by atoms with Crippen LogP contribution in [-0.2, 0) is 24.2 Å². The first-order valence-corrected chi connectivity index (χ1v) is 12.4. The Bertz CT molecular complexity index is 1070. The van der Waals surface area contributed by atoms with E-state index in [1.165, 1.54) is 22.5 Å². The van der Waals surface area contributed by atoms with E-state index < -0.39 is 0 Å². The standard InChI is InChI=1S/C24H32N6O2S/c1-24(2,3)15-4-5-17-18(11-25)23(33-20(17)10-15)29-21(31)13-30-12-19(27-14-30)22(32)28-16-6-8-26-9-7-16/h12,14-16,26H,4-10,13H2,1-3H3,(H,28,32)(H,29,31). The van der Waals surface area contributed by atoms with Crippen LogP contribution in [0, 0.1) is 22.7 Å². The SMILES string of the molecule is CC(C)(C)C1CCc2c(sc(NC(=O)Cn3cnc(C(=O)NC4CCNCC4)c3)c2C#N)C1. The van der Waals surface area contributed by atoms with Crippen molar-refractivity contribution in [3.8, 4) is 6.07 Å². The van der Waals surface area contributed by atoms with Crippen molar-refractivity contribution in [2.24, 2.45) is 11.3 Å². The van der Waals surface area contributed by atoms with E-state index in [2.05, 4.69) is 47.8 Å². The average Bonchev–Trinajstić information content (AvgIpc) is 3.37. The van der Waals surface area contributed by atoms with Crippen LogP contribution in [0.25, 0.3) is 0 Å². The van der Waals surface area contributed by atoms with Gasteiger partial charge in [0.25, 0.3) is 5.91 Å². The molecule has 3 heterocycles. The molecule has 176 valence electrons. The van der Waals surface area contributed by atoms with E-state index in [1.54, 1.807) is 10.8 Å². The van der Waals surface area contributed by atoms with E-state index in [0.717, 1.165) is 50.8 Å². The third-order valence-corrected chi connectivity index (χ3v) is 7.89. The first-order chi connectivity index (χ1) is 15.7. The van der Waals surface area contributed by atoms with Gasteiger partial charge >= 0.3 is 0 Å². The molecule has 1 aliphatic heterocycles. The van der Waals surface area contributed by atoms with Gasteiger partial charge in [0.2, 0.25) is 5.91 Å². The Morgan fingerprint density at radius 2 is 2.06 bits per heavy atom. The highest BCUT2D eigenvalue weighted by atomic mass is 32.1. The Labute approximate surface area is 198 Å². The maximum absolute atomic E-state index is 12.7. The quantitative estimate of drug-likeness (QED) is 0.624. The molecule has 2 aliphatic rings. The molecule has 3 N–H and O–H groups in total. The number of thiophene rings is 1. The van der Waals surface area contributed by atoms with E-state index in [-0.39, 0.29) is 29.8 Å². The Morgan fingerprint density at radius 3 is 2.76 bits per heavy atom. The fraction of sp³-hybridized carbons (Fsp3) is 0.583. The van der Waals surface area contributed by atoms with Crippen molar-refractivity contribution >= 4 is 28.2 Å². The van der Waals surface area contributed by atoms with Gasteiger partial charge in [-0.05, 0) is 62.1 Å². The van der Waals surface area contributed by atoms with Crippen molar-refractivity contribution < 1.29 is 9.59 Å². The number of imidazole rings is 1. The van der Waals surface area contributed by atoms with E-state index in [4.69, 9.17) is 0 Å². The molecule has 0 bridgehead atoms. The zero-order valence-corrected chi connectivity index (χ0v) is 20.3. The summed E-state index contributed by atoms with van der Waals surface area (Å²) in [6, 6.07) is 2.46. The van der Waals surface area contributed by atoms with Crippen LogP contribution in [0.2, 0.25) is 0 Å². The number of piperidine rings is 1. The van der Waals surface area contributed by atoms with Gasteiger partial charge in [0.05, 0.1) is 11.9 Å². The van der Waals surface area contributed by atoms with Crippen LogP contribution in [-0.4, -0.2) is 40.5 Å². The third-order valence-electron chi connectivity index (χ3n) is 6.72. The Balaban J connectivity index is 1.38. The van der Waals surface area contributed by atoms with Crippen molar-refractivity contribution in [3.63, 3.8) is 0 Å². The summed E-state index contributed by atoms with van der Waals surface area (Å²) >= 11 is 1.53. The van der Waals surface area contributed by atoms with Gasteiger partial charge in [-0.2, -0.15) is 5.26 Å². The molecule has 1 unspecified atom stereocenters. The minimum Gasteiger partial charge on any atom is -0.348 e. The number of aromatic nitrogens is 2. The summed E-state index contributed by atoms with van der Waals surface area (Å²) in [6.07, 6.45) is 7.78. The highest BCUT2D eigenvalue weighted by molar-refractivity contribution is 7.16. The molecule has 1 fully saturated rings. The summed E-state index contributed by atoms with van der Waals surface area (Å²) < 4.78 is 1.60. The van der Waals surface area contributed by atoms with Gasteiger partial charge in [-0.15, -0.1) is 11.3 Å². The molecule has 0 radical (unpaired) electrons. The number of anilines is 1. The molecule has 2 amide bonds. The lowest BCUT2D eigenvalue weighted by molar-refractivity contribution is -0.116. The number of carbonyl (C=O) groups is 2. The molecule has 0 saturated carbocycles. The van der Waals surface area contributed by atoms with Crippen molar-refractivity contribution in [1.82, 2.24) is 20.2 Å². The number of nitrogens with one attached hydrogen (secondary N) is 3. The Morgan fingerprint density at radius 1 is 1.30 bits per heavy atom. The lowest BCUT2D eigenvalue weighted by Gasteiger charge is -2.33. The number of hydrogen-bond acceptors (Lipinski definition) is 6. The van der Waals surface area contributed by atoms with Crippen LogP contribution >= 0.6 is 11.3 Å². The van der Waals surface area contributed by atoms with Gasteiger partial charge in [0, 0.05) is 17.1 Å². The smallest absolute Gasteiger partial charge is 0.271 e. The number of nitriles is 1. The van der Waals surface area contributed by atoms with Crippen molar-refractivity contribution in [1.29, 1.82) is 5.26 Å². The zero-order valence-electron chi connectivity index (χ0n) is 19.5. The maximum Gasteiger partial charge on any atom is 0.271 e. The van der Waals surface area contributed by atoms with Gasteiger partial charge in [0.1, 0.15) is 23.3 Å². The van der Waals surface area contributed by atoms with Crippen LogP contribution in [0.5, 0.6) is 0 Å². The van der Waals surface area contributed by atoms with E-state index >= 15 is 0 Å². The molecule has 2 aromatic rings. The summed E-state index contributed by atoms with van der Waals surface area (Å²) in [6.45, 7) is 8.61. The van der Waals surface area contributed by atoms with Gasteiger partial charge < -0.3 is 20.5 Å². The molecule has 9 heteroatoms. The molecule has 1 atom stereocenters. The van der Waals surface area contributed by atoms with Crippen molar-refractivity contribution in [2.45, 2.75) is 65.5 Å². The van der Waals surface area contributed by atoms with Crippen LogP contribution in [0.4, 0.5) is 5.00 Å². The van der Waals surface area contributed by atoms with Crippen molar-refractivity contribution in [2.75, 3.05) is 18.4 Å². The van der Waals surface area contributed by atoms with Gasteiger partial charge in [-0.25, -0.2) is 4.98 Å². The average molecular weight is 469 g/mol. The monoisotopic (exact) mass is 468 g/mol. The Hall–Kier alpha value is -2.70. The second kappa shape index (κ2) is 9.65. The number of fused-ring (bicyclic) bond motifs is 1. The summed E-state index contributed by atoms with van der Waals surface area (Å²) in [5.74, 6) is 0.117. The fourth-order valence-corrected chi connectivity index (χ4v) is 5.95. The van der Waals surface area contributed by atoms with Crippen LogP contribution in [0.1, 0.15) is 66.5 Å². The lowest BCUT2D eigenvalue weighted by atomic mass is 9.72. The number of hydrogen-bond donors (Lipinski definition) is 3. The predicted octanol–water partition coefficient (Wildman–Crippen LogP) is 3.09. The number of rotatable bonds is 5. The number of carbonyl (C=O) groups excluding carboxylic acids is 2. The molecule has 0 spiro atoms. The largest absolute Gasteiger partial charge is 0.348 e. The topological polar surface area (TPSA) is 112 Å². The number of amides is 2. The molecule has 1 saturated heterocycles. The summed E-state index contributed by atoms with van der Waals surface area (Å²) in [5.41, 5.74) is 2.22. The fourth-order valence-electron chi connectivity index (χ4n) is 4.65. The highest BCUT2D eigenvalue weighted by Gasteiger charge is 2.32. The van der Waals surface area contributed by atoms with E-state index in [1.807, 2.05) is 0 Å². The Kier molecular flexibility index (Phi) is 6.86. The van der Waals surface area contributed by atoms with E-state index in [9.17, 15) is 14.9 Å². The minimum absolute atomic E-state index is 0.0334. The number of nitrogens with zero attached hydrogens (tertiary/aromatic N) is 3. The van der Waals surface area contributed by atoms with Crippen molar-refractivity contribution in [3.05, 3.63) is 34.2 Å². The van der Waals surface area contributed by atoms with Crippen LogP contribution in [0.3, 0.4) is 0 Å². The molecule has 33 heavy (non-hydrogen) atoms. The van der Waals surface area contributed by atoms with Gasteiger partial charge in [-0.3, -0.25) is 9.59 Å². The molecule has 1 aliphatic carbocycles. The summed E-state index contributed by atoms with van der Waals surface area (Å²) in [7, 11) is 0. The second-order valence-electron chi connectivity index (χ2n) is 10.1. The van der Waals surface area contributed by atoms with Crippen LogP contribution in [0.15, 0.2) is 12.5 Å². The first-order valence-electron chi connectivity index (χ1n) is 11.6. The molecule has 8 nitrogen and oxygen atoms in total. The van der Waals surface area contributed by atoms with E-state index in [0.29, 0.717) is 22.2 Å². The molecule has 0 aromatic carbocycles. The van der Waals surface area contributed by atoms with Gasteiger partial charge in [-0.1, -0.05) is 20.8 Å². The summed E-state index contributed by atoms with van der Waals surface area (Å²) in [5, 5.41) is 19.6. The molecule has 2 aromatic heterocycles. The minimum atomic E-state index is -0.236. The molecular formula is C24H32N6O2S. The normalized spacial score (nSPS) is 18.9. The first kappa shape index (κ1) is 23.5. The third kappa shape index (κ3) is 5.45. The summed E-state index contributed by atoms with van der Waals surface area (Å²) in [4.78, 5) is 30.5. The highest BCUT2D eigenvalue weighted by Crippen LogP contribution is 2.43. The second-order valence-corrected chi connectivity index (χ2v) is 11.2. The molecule has 4 rings (SSSR count). The zero-order chi connectivity index (χ0) is 23.6. The molecular weight excluding hydrogens is 436 g/mol. The van der Waals surface area contributed by atoms with Gasteiger partial charge in [0.15, 0.2) is 0 Å². The lowest BCUT2D eigenvalue weighted by Crippen LogP contribution is -2.42. The van der Waals surface area contributed by atoms with Crippen LogP contribution < -0.4 is 16.0 Å².